The summed E-state index contributed by atoms with van der Waals surface area (Å²) in [5.41, 5.74) is 1.19. The van der Waals surface area contributed by atoms with E-state index in [2.05, 4.69) is 20.0 Å². The average Bonchev–Trinajstić information content (AvgIpc) is 3.49. The van der Waals surface area contributed by atoms with E-state index in [0.29, 0.717) is 17.0 Å². The molecule has 1 heterocycles. The summed E-state index contributed by atoms with van der Waals surface area (Å²) in [6, 6.07) is 10.8. The Bertz CT molecular complexity index is 1550. The van der Waals surface area contributed by atoms with Gasteiger partial charge in [-0.25, -0.2) is 23.9 Å². The van der Waals surface area contributed by atoms with Crippen molar-refractivity contribution in [1.82, 2.24) is 9.78 Å². The molecule has 0 atom stereocenters. The van der Waals surface area contributed by atoms with Crippen molar-refractivity contribution >= 4 is 35.3 Å². The molecule has 0 aliphatic rings. The van der Waals surface area contributed by atoms with Crippen molar-refractivity contribution in [2.24, 2.45) is 5.84 Å². The number of ketones is 1. The predicted molar refractivity (Wildman–Crippen MR) is 166 cm³/mol. The van der Waals surface area contributed by atoms with E-state index in [4.69, 9.17) is 20.8 Å². The van der Waals surface area contributed by atoms with E-state index >= 15 is 0 Å². The second kappa shape index (κ2) is 20.4. The topological polar surface area (TPSA) is 209 Å². The van der Waals surface area contributed by atoms with Gasteiger partial charge < -0.3 is 29.8 Å². The molecule has 0 bridgehead atoms. The number of Topliss-reactive ketones (excluding diaryl/α,β-unsaturated/α-hetero) is 1. The third-order valence-electron chi connectivity index (χ3n) is 5.43. The van der Waals surface area contributed by atoms with Gasteiger partial charge in [-0.3, -0.25) is 10.6 Å². The highest BCUT2D eigenvalue weighted by molar-refractivity contribution is 6.16. The molecule has 14 nitrogen and oxygen atoms in total. The fraction of sp³-hybridized carbons (Fsp3) is 0.290. The number of carboxylic acid groups (broad SMARTS) is 2. The molecule has 0 radical (unpaired) electrons. The number of nitrogens with one attached hydrogen (secondary N) is 1. The summed E-state index contributed by atoms with van der Waals surface area (Å²) >= 11 is 0. The molecule has 3 rings (SSSR count). The highest BCUT2D eigenvalue weighted by Crippen LogP contribution is 2.34. The van der Waals surface area contributed by atoms with E-state index in [1.54, 1.807) is 26.0 Å². The molecule has 1 aromatic heterocycles. The molecule has 0 spiro atoms. The van der Waals surface area contributed by atoms with Crippen LogP contribution in [0.15, 0.2) is 66.6 Å². The summed E-state index contributed by atoms with van der Waals surface area (Å²) in [6.45, 7) is 6.79. The Morgan fingerprint density at radius 3 is 1.77 bits per heavy atom. The minimum absolute atomic E-state index is 0. The Balaban J connectivity index is 0.000000752. The van der Waals surface area contributed by atoms with Crippen molar-refractivity contribution in [2.75, 3.05) is 25.2 Å². The number of aromatic carboxylic acids is 2. The van der Waals surface area contributed by atoms with Crippen LogP contribution in [0, 0.1) is 0 Å². The molecular weight excluding hydrogens is 645 g/mol. The lowest BCUT2D eigenvalue weighted by molar-refractivity contribution is -0.143. The second-order valence-electron chi connectivity index (χ2n) is 8.68. The third-order valence-corrected chi connectivity index (χ3v) is 5.43. The summed E-state index contributed by atoms with van der Waals surface area (Å²) in [7, 11) is 0. The predicted octanol–water partition coefficient (Wildman–Crippen LogP) is 5.13. The number of nitrogens with zero attached hydrogens (tertiary/aromatic N) is 2. The number of benzene rings is 2. The van der Waals surface area contributed by atoms with Gasteiger partial charge in [0, 0.05) is 5.69 Å². The average molecular weight is 683 g/mol. The second-order valence-corrected chi connectivity index (χ2v) is 8.68. The number of esters is 2. The Hall–Kier alpha value is -5.71. The van der Waals surface area contributed by atoms with Crippen LogP contribution in [-0.4, -0.2) is 69.5 Å². The van der Waals surface area contributed by atoms with Gasteiger partial charge >= 0.3 is 30.1 Å². The number of anilines is 1. The van der Waals surface area contributed by atoms with Crippen molar-refractivity contribution < 1.29 is 61.6 Å². The van der Waals surface area contributed by atoms with E-state index in [1.807, 2.05) is 0 Å². The molecule has 48 heavy (non-hydrogen) atoms. The van der Waals surface area contributed by atoms with Crippen LogP contribution in [0.1, 0.15) is 71.9 Å². The van der Waals surface area contributed by atoms with Gasteiger partial charge in [0.25, 0.3) is 0 Å². The minimum Gasteiger partial charge on any atom is -0.500 e. The van der Waals surface area contributed by atoms with Gasteiger partial charge in [0.15, 0.2) is 11.5 Å². The first-order valence-corrected chi connectivity index (χ1v) is 13.6. The first-order valence-electron chi connectivity index (χ1n) is 13.6. The number of hydrazine groups is 1. The van der Waals surface area contributed by atoms with E-state index in [-0.39, 0.29) is 48.8 Å². The van der Waals surface area contributed by atoms with Crippen LogP contribution < -0.4 is 11.3 Å². The molecule has 0 unspecified atom stereocenters. The van der Waals surface area contributed by atoms with Gasteiger partial charge in [-0.05, 0) is 76.2 Å². The molecule has 5 N–H and O–H groups in total. The Morgan fingerprint density at radius 2 is 1.38 bits per heavy atom. The number of aromatic nitrogens is 2. The molecule has 0 saturated heterocycles. The maximum absolute atomic E-state index is 13.3. The summed E-state index contributed by atoms with van der Waals surface area (Å²) in [5.74, 6) is 0.812. The van der Waals surface area contributed by atoms with E-state index in [1.165, 1.54) is 38.1 Å². The van der Waals surface area contributed by atoms with Gasteiger partial charge in [0.2, 0.25) is 0 Å². The first-order chi connectivity index (χ1) is 22.1. The van der Waals surface area contributed by atoms with Crippen LogP contribution in [0.4, 0.5) is 18.9 Å². The van der Waals surface area contributed by atoms with E-state index < -0.39 is 41.3 Å². The zero-order valence-corrected chi connectivity index (χ0v) is 25.7. The number of rotatable bonds is 11. The quantitative estimate of drug-likeness (QED) is 0.0394. The lowest BCUT2D eigenvalue weighted by Gasteiger charge is -2.12. The summed E-state index contributed by atoms with van der Waals surface area (Å²) in [5, 5.41) is 20.9. The van der Waals surface area contributed by atoms with Gasteiger partial charge in [-0.15, -0.1) is 0 Å². The number of ether oxygens (including phenoxy) is 3. The zero-order chi connectivity index (χ0) is 35.7. The number of nitrogen functional groups attached to an aromatic ring is 1. The number of carbonyl (C=O) groups is 5. The molecule has 262 valence electrons. The summed E-state index contributed by atoms with van der Waals surface area (Å²) in [6.07, 6.45) is -2.93. The fourth-order valence-electron chi connectivity index (χ4n) is 3.28. The van der Waals surface area contributed by atoms with Crippen LogP contribution in [0.3, 0.4) is 0 Å². The molecule has 0 amide bonds. The van der Waals surface area contributed by atoms with Gasteiger partial charge in [0.05, 0.1) is 42.8 Å². The highest BCUT2D eigenvalue weighted by atomic mass is 19.4. The van der Waals surface area contributed by atoms with Crippen molar-refractivity contribution in [2.45, 2.75) is 41.3 Å². The third kappa shape index (κ3) is 13.0. The SMILES string of the molecule is C.CCO/C=C(\C(C)=O)C(=O)OCC.CCOC(=O)c1cnn(-c2ccc(C(=O)O)cc2)c1C(F)(F)F.NNc1ccc(C(=O)O)cc1. The van der Waals surface area contributed by atoms with Crippen molar-refractivity contribution in [3.63, 3.8) is 0 Å². The van der Waals surface area contributed by atoms with Crippen molar-refractivity contribution in [1.29, 1.82) is 0 Å². The highest BCUT2D eigenvalue weighted by Gasteiger charge is 2.41. The number of carbonyl (C=O) groups excluding carboxylic acids is 3. The Morgan fingerprint density at radius 1 is 0.875 bits per heavy atom. The molecule has 0 fully saturated rings. The van der Waals surface area contributed by atoms with Gasteiger partial charge in [0.1, 0.15) is 17.4 Å². The zero-order valence-electron chi connectivity index (χ0n) is 25.7. The molecule has 17 heteroatoms. The van der Waals surface area contributed by atoms with Crippen molar-refractivity contribution in [3.05, 3.63) is 88.9 Å². The smallest absolute Gasteiger partial charge is 0.434 e. The van der Waals surface area contributed by atoms with Gasteiger partial charge in [-0.2, -0.15) is 18.3 Å². The van der Waals surface area contributed by atoms with Crippen LogP contribution in [-0.2, 0) is 30.0 Å². The minimum atomic E-state index is -4.84. The number of hydrogen-bond acceptors (Lipinski definition) is 11. The fourth-order valence-corrected chi connectivity index (χ4v) is 3.28. The lowest BCUT2D eigenvalue weighted by atomic mass is 10.2. The van der Waals surface area contributed by atoms with Crippen LogP contribution in [0.5, 0.6) is 0 Å². The number of halogens is 3. The van der Waals surface area contributed by atoms with Crippen LogP contribution in [0.2, 0.25) is 0 Å². The van der Waals surface area contributed by atoms with E-state index in [0.717, 1.165) is 24.6 Å². The van der Waals surface area contributed by atoms with Crippen LogP contribution in [0.25, 0.3) is 5.69 Å². The summed E-state index contributed by atoms with van der Waals surface area (Å²) < 4.78 is 54.4. The maximum Gasteiger partial charge on any atom is 0.434 e. The largest absolute Gasteiger partial charge is 0.500 e. The van der Waals surface area contributed by atoms with Crippen molar-refractivity contribution in [3.8, 4) is 5.69 Å². The van der Waals surface area contributed by atoms with Gasteiger partial charge in [-0.1, -0.05) is 7.43 Å². The lowest BCUT2D eigenvalue weighted by Crippen LogP contribution is -2.18. The maximum atomic E-state index is 13.3. The molecule has 0 aliphatic heterocycles. The number of hydrogen-bond donors (Lipinski definition) is 4. The normalized spacial score (nSPS) is 10.5. The molecule has 0 saturated carbocycles. The van der Waals surface area contributed by atoms with E-state index in [9.17, 15) is 37.1 Å². The first kappa shape index (κ1) is 42.3. The molecular formula is C31H37F3N4O10. The monoisotopic (exact) mass is 682 g/mol. The number of nitrogens with two attached hydrogens (primary N) is 1. The molecule has 3 aromatic rings. The van der Waals surface area contributed by atoms with Crippen LogP contribution >= 0.6 is 0 Å². The number of carboxylic acids is 2. The number of alkyl halides is 3. The summed E-state index contributed by atoms with van der Waals surface area (Å²) in [4.78, 5) is 54.8. The molecule has 2 aromatic carbocycles. The Labute approximate surface area is 273 Å². The standard InChI is InChI=1S/C14H11F3N2O4.C9H14O4.C7H8N2O2.CH4/c1-2-23-13(22)10-7-18-19(11(10)14(15,16)17)9-5-3-8(4-6-9)12(20)21;1-4-12-6-8(7(3)10)9(11)13-5-2;8-9-6-3-1-5(2-4-6)7(10)11;/h3-7H,2H2,1H3,(H,20,21);6H,4-5H2,1-3H3;1-4,9H,8H2,(H,10,11);1H4/b;8-6+;;. The molecule has 0 aliphatic carbocycles. The Kier molecular flexibility index (Phi) is 18.0.